The molecule has 0 spiro atoms. The van der Waals surface area contributed by atoms with E-state index in [1.807, 2.05) is 6.07 Å². The molecule has 2 nitrogen and oxygen atoms in total. The number of rotatable bonds is 3. The Morgan fingerprint density at radius 1 is 1.20 bits per heavy atom. The normalized spacial score (nSPS) is 25.8. The molecule has 1 aromatic carbocycles. The third kappa shape index (κ3) is 3.75. The van der Waals surface area contributed by atoms with Crippen LogP contribution in [0.4, 0.5) is 0 Å². The van der Waals surface area contributed by atoms with Crippen LogP contribution in [0.3, 0.4) is 0 Å². The lowest BCUT2D eigenvalue weighted by atomic mass is 9.83. The first-order valence-corrected chi connectivity index (χ1v) is 8.39. The monoisotopic (exact) mass is 292 g/mol. The van der Waals surface area contributed by atoms with Crippen LogP contribution in [0.15, 0.2) is 24.3 Å². The van der Waals surface area contributed by atoms with E-state index in [-0.39, 0.29) is 0 Å². The number of piperazine rings is 1. The number of hydrogen-bond donors (Lipinski definition) is 1. The van der Waals surface area contributed by atoms with Gasteiger partial charge in [-0.2, -0.15) is 0 Å². The third-order valence-electron chi connectivity index (χ3n) is 4.80. The summed E-state index contributed by atoms with van der Waals surface area (Å²) in [5, 5.41) is 4.60. The number of halogens is 1. The van der Waals surface area contributed by atoms with Gasteiger partial charge in [0.25, 0.3) is 0 Å². The van der Waals surface area contributed by atoms with Crippen molar-refractivity contribution in [2.45, 2.75) is 44.7 Å². The molecule has 1 atom stereocenters. The number of hydrogen-bond acceptors (Lipinski definition) is 2. The maximum Gasteiger partial charge on any atom is 0.0409 e. The molecule has 2 fully saturated rings. The minimum atomic E-state index is 0.697. The van der Waals surface area contributed by atoms with E-state index in [0.29, 0.717) is 6.04 Å². The van der Waals surface area contributed by atoms with Crippen molar-refractivity contribution < 1.29 is 0 Å². The van der Waals surface area contributed by atoms with Crippen molar-refractivity contribution in [2.75, 3.05) is 19.6 Å². The molecule has 1 saturated carbocycles. The minimum absolute atomic E-state index is 0.697. The molecule has 1 heterocycles. The Morgan fingerprint density at radius 2 is 2.05 bits per heavy atom. The molecule has 0 bridgehead atoms. The standard InChI is InChI=1S/C17H25ClN2/c18-16-8-4-5-14(11-16)12-20-10-9-19-17(13-20)15-6-2-1-3-7-15/h4-5,8,11,15,17,19H,1-3,6-7,9-10,12-13H2. The van der Waals surface area contributed by atoms with Crippen LogP contribution in [0.2, 0.25) is 5.02 Å². The Hall–Kier alpha value is -0.570. The first-order chi connectivity index (χ1) is 9.81. The zero-order chi connectivity index (χ0) is 13.8. The van der Waals surface area contributed by atoms with Crippen molar-refractivity contribution >= 4 is 11.6 Å². The highest BCUT2D eigenvalue weighted by molar-refractivity contribution is 6.30. The van der Waals surface area contributed by atoms with Gasteiger partial charge in [-0.3, -0.25) is 4.90 Å². The van der Waals surface area contributed by atoms with Gasteiger partial charge < -0.3 is 5.32 Å². The maximum absolute atomic E-state index is 6.08. The summed E-state index contributed by atoms with van der Waals surface area (Å²) in [6.45, 7) is 4.50. The number of benzene rings is 1. The van der Waals surface area contributed by atoms with Crippen LogP contribution in [0.1, 0.15) is 37.7 Å². The van der Waals surface area contributed by atoms with Crippen LogP contribution < -0.4 is 5.32 Å². The molecule has 110 valence electrons. The lowest BCUT2D eigenvalue weighted by Crippen LogP contribution is -2.53. The van der Waals surface area contributed by atoms with E-state index in [0.717, 1.165) is 30.6 Å². The summed E-state index contributed by atoms with van der Waals surface area (Å²) in [7, 11) is 0. The van der Waals surface area contributed by atoms with Crippen molar-refractivity contribution in [3.05, 3.63) is 34.9 Å². The quantitative estimate of drug-likeness (QED) is 0.914. The zero-order valence-corrected chi connectivity index (χ0v) is 12.9. The fourth-order valence-corrected chi connectivity index (χ4v) is 3.94. The van der Waals surface area contributed by atoms with Crippen molar-refractivity contribution in [3.63, 3.8) is 0 Å². The Bertz CT molecular complexity index is 429. The molecular weight excluding hydrogens is 268 g/mol. The van der Waals surface area contributed by atoms with Crippen LogP contribution in [0, 0.1) is 5.92 Å². The molecular formula is C17H25ClN2. The molecule has 0 radical (unpaired) electrons. The second kappa shape index (κ2) is 6.93. The van der Waals surface area contributed by atoms with Gasteiger partial charge in [0.05, 0.1) is 0 Å². The molecule has 2 aliphatic rings. The highest BCUT2D eigenvalue weighted by Gasteiger charge is 2.27. The van der Waals surface area contributed by atoms with Crippen molar-refractivity contribution in [1.82, 2.24) is 10.2 Å². The van der Waals surface area contributed by atoms with Crippen molar-refractivity contribution in [1.29, 1.82) is 0 Å². The molecule has 3 heteroatoms. The van der Waals surface area contributed by atoms with E-state index < -0.39 is 0 Å². The van der Waals surface area contributed by atoms with Crippen molar-refractivity contribution in [2.24, 2.45) is 5.92 Å². The molecule has 0 aromatic heterocycles. The summed E-state index contributed by atoms with van der Waals surface area (Å²) in [5.41, 5.74) is 1.33. The molecule has 1 N–H and O–H groups in total. The fraction of sp³-hybridized carbons (Fsp3) is 0.647. The van der Waals surface area contributed by atoms with Crippen LogP contribution >= 0.6 is 11.6 Å². The van der Waals surface area contributed by atoms with Crippen LogP contribution in [0.25, 0.3) is 0 Å². The molecule has 1 unspecified atom stereocenters. The molecule has 1 aromatic rings. The highest BCUT2D eigenvalue weighted by Crippen LogP contribution is 2.28. The Labute approximate surface area is 127 Å². The SMILES string of the molecule is Clc1cccc(CN2CCNC(C3CCCCC3)C2)c1. The van der Waals surface area contributed by atoms with Crippen LogP contribution in [-0.2, 0) is 6.54 Å². The van der Waals surface area contributed by atoms with Gasteiger partial charge in [0, 0.05) is 37.2 Å². The van der Waals surface area contributed by atoms with E-state index in [1.54, 1.807) is 0 Å². The summed E-state index contributed by atoms with van der Waals surface area (Å²) in [6.07, 6.45) is 7.13. The average molecular weight is 293 g/mol. The van der Waals surface area contributed by atoms with E-state index in [2.05, 4.69) is 28.4 Å². The zero-order valence-electron chi connectivity index (χ0n) is 12.2. The van der Waals surface area contributed by atoms with E-state index in [4.69, 9.17) is 11.6 Å². The van der Waals surface area contributed by atoms with Gasteiger partial charge in [0.15, 0.2) is 0 Å². The second-order valence-corrected chi connectivity index (χ2v) is 6.76. The van der Waals surface area contributed by atoms with Gasteiger partial charge >= 0.3 is 0 Å². The number of nitrogens with one attached hydrogen (secondary N) is 1. The van der Waals surface area contributed by atoms with E-state index in [1.165, 1.54) is 44.2 Å². The Balaban J connectivity index is 1.57. The lowest BCUT2D eigenvalue weighted by molar-refractivity contribution is 0.141. The Morgan fingerprint density at radius 3 is 2.85 bits per heavy atom. The second-order valence-electron chi connectivity index (χ2n) is 6.32. The van der Waals surface area contributed by atoms with Crippen LogP contribution in [0.5, 0.6) is 0 Å². The van der Waals surface area contributed by atoms with Gasteiger partial charge in [-0.15, -0.1) is 0 Å². The van der Waals surface area contributed by atoms with Crippen molar-refractivity contribution in [3.8, 4) is 0 Å². The third-order valence-corrected chi connectivity index (χ3v) is 5.04. The summed E-state index contributed by atoms with van der Waals surface area (Å²) >= 11 is 6.08. The summed E-state index contributed by atoms with van der Waals surface area (Å²) < 4.78 is 0. The molecule has 3 rings (SSSR count). The average Bonchev–Trinajstić information content (AvgIpc) is 2.48. The lowest BCUT2D eigenvalue weighted by Gasteiger charge is -2.39. The smallest absolute Gasteiger partial charge is 0.0409 e. The summed E-state index contributed by atoms with van der Waals surface area (Å²) in [4.78, 5) is 2.58. The summed E-state index contributed by atoms with van der Waals surface area (Å²) in [6, 6.07) is 8.98. The highest BCUT2D eigenvalue weighted by atomic mass is 35.5. The van der Waals surface area contributed by atoms with Gasteiger partial charge in [-0.25, -0.2) is 0 Å². The molecule has 0 amide bonds. The largest absolute Gasteiger partial charge is 0.311 e. The summed E-state index contributed by atoms with van der Waals surface area (Å²) in [5.74, 6) is 0.894. The van der Waals surface area contributed by atoms with E-state index in [9.17, 15) is 0 Å². The van der Waals surface area contributed by atoms with Gasteiger partial charge in [0.1, 0.15) is 0 Å². The first-order valence-electron chi connectivity index (χ1n) is 8.01. The predicted octanol–water partition coefficient (Wildman–Crippen LogP) is 3.69. The first kappa shape index (κ1) is 14.4. The minimum Gasteiger partial charge on any atom is -0.311 e. The predicted molar refractivity (Wildman–Crippen MR) is 85.1 cm³/mol. The Kier molecular flexibility index (Phi) is 4.98. The molecule has 1 aliphatic carbocycles. The number of nitrogens with zero attached hydrogens (tertiary/aromatic N) is 1. The van der Waals surface area contributed by atoms with Gasteiger partial charge in [-0.05, 0) is 36.5 Å². The molecule has 1 saturated heterocycles. The van der Waals surface area contributed by atoms with Crippen LogP contribution in [-0.4, -0.2) is 30.6 Å². The fourth-order valence-electron chi connectivity index (χ4n) is 3.73. The molecule has 20 heavy (non-hydrogen) atoms. The maximum atomic E-state index is 6.08. The van der Waals surface area contributed by atoms with Gasteiger partial charge in [-0.1, -0.05) is 43.0 Å². The van der Waals surface area contributed by atoms with Gasteiger partial charge in [0.2, 0.25) is 0 Å². The topological polar surface area (TPSA) is 15.3 Å². The van der Waals surface area contributed by atoms with E-state index >= 15 is 0 Å². The molecule has 1 aliphatic heterocycles.